The highest BCUT2D eigenvalue weighted by Gasteiger charge is 2.33. The van der Waals surface area contributed by atoms with Gasteiger partial charge in [0.05, 0.1) is 13.0 Å². The van der Waals surface area contributed by atoms with E-state index in [-0.39, 0.29) is 50.0 Å². The zero-order valence-corrected chi connectivity index (χ0v) is 26.7. The van der Waals surface area contributed by atoms with Gasteiger partial charge in [0.1, 0.15) is 29.9 Å². The Balaban J connectivity index is 2.45. The van der Waals surface area contributed by atoms with Crippen molar-refractivity contribution >= 4 is 41.5 Å². The molecule has 0 spiro atoms. The third-order valence-corrected chi connectivity index (χ3v) is 7.15. The molecule has 17 nitrogen and oxygen atoms in total. The number of rotatable bonds is 14. The lowest BCUT2D eigenvalue weighted by molar-refractivity contribution is -0.141. The molecule has 1 aliphatic heterocycles. The highest BCUT2D eigenvalue weighted by molar-refractivity contribution is 5.98. The van der Waals surface area contributed by atoms with E-state index in [9.17, 15) is 39.0 Å². The number of phenols is 1. The molecule has 0 bridgehead atoms. The van der Waals surface area contributed by atoms with Crippen LogP contribution in [0.25, 0.3) is 0 Å². The third kappa shape index (κ3) is 14.8. The molecule has 47 heavy (non-hydrogen) atoms. The van der Waals surface area contributed by atoms with E-state index in [4.69, 9.17) is 11.5 Å². The lowest BCUT2D eigenvalue weighted by Gasteiger charge is -2.26. The standard InChI is InChI=1S/C30H47N9O8/c1-17(2)33-12-4-3-6-21-27(45)37-20(7-5-13-34-30(31)32)26(44)35-16-24(41)36-23(15-25(42)43)29(47)39-22(28(46)38-21)14-18-8-10-19(40)11-9-18/h8-11,17,20-23,33,40H,3-7,12-16H2,1-2H3,(H,35,44)(H,36,41)(H,37,45)(H,38,46)(H,39,47)(H,42,43)(H4,31,32,34)/t20-,21?,22+,23-/m1/s1. The van der Waals surface area contributed by atoms with Gasteiger partial charge in [-0.15, -0.1) is 0 Å². The number of nitrogens with one attached hydrogen (secondary N) is 6. The molecule has 0 radical (unpaired) electrons. The number of unbranched alkanes of at least 4 members (excludes halogenated alkanes) is 1. The third-order valence-electron chi connectivity index (χ3n) is 7.15. The Bertz CT molecular complexity index is 1270. The van der Waals surface area contributed by atoms with Crippen molar-refractivity contribution < 1.29 is 39.0 Å². The molecule has 1 heterocycles. The Morgan fingerprint density at radius 2 is 1.43 bits per heavy atom. The van der Waals surface area contributed by atoms with Crippen molar-refractivity contribution in [2.75, 3.05) is 19.6 Å². The molecule has 1 aliphatic rings. The van der Waals surface area contributed by atoms with Gasteiger partial charge in [0.15, 0.2) is 5.96 Å². The number of phenolic OH excluding ortho intramolecular Hbond substituents is 1. The maximum atomic E-state index is 13.7. The lowest BCUT2D eigenvalue weighted by atomic mass is 10.0. The molecule has 17 heteroatoms. The zero-order valence-electron chi connectivity index (χ0n) is 26.7. The minimum atomic E-state index is -1.59. The van der Waals surface area contributed by atoms with Crippen LogP contribution in [0.15, 0.2) is 29.3 Å². The van der Waals surface area contributed by atoms with Crippen molar-refractivity contribution in [3.8, 4) is 5.75 Å². The second kappa shape index (κ2) is 19.6. The maximum absolute atomic E-state index is 13.7. The Kier molecular flexibility index (Phi) is 15.9. The summed E-state index contributed by atoms with van der Waals surface area (Å²) in [6.07, 6.45) is 0.868. The van der Waals surface area contributed by atoms with Gasteiger partial charge in [-0.1, -0.05) is 26.0 Å². The Hall–Kier alpha value is -4.93. The van der Waals surface area contributed by atoms with Crippen molar-refractivity contribution in [3.05, 3.63) is 29.8 Å². The summed E-state index contributed by atoms with van der Waals surface area (Å²) in [4.78, 5) is 81.9. The summed E-state index contributed by atoms with van der Waals surface area (Å²) in [7, 11) is 0. The molecular weight excluding hydrogens is 614 g/mol. The predicted octanol–water partition coefficient (Wildman–Crippen LogP) is -2.30. The second-order valence-corrected chi connectivity index (χ2v) is 11.5. The van der Waals surface area contributed by atoms with Crippen molar-refractivity contribution in [2.45, 2.75) is 89.0 Å². The van der Waals surface area contributed by atoms with Crippen LogP contribution in [0.3, 0.4) is 0 Å². The Morgan fingerprint density at radius 1 is 0.851 bits per heavy atom. The number of amides is 5. The molecule has 1 aromatic rings. The number of carbonyl (C=O) groups is 6. The minimum Gasteiger partial charge on any atom is -0.508 e. The van der Waals surface area contributed by atoms with Crippen LogP contribution in [0, 0.1) is 0 Å². The van der Waals surface area contributed by atoms with E-state index in [2.05, 4.69) is 36.9 Å². The summed E-state index contributed by atoms with van der Waals surface area (Å²) in [6, 6.07) is 0.975. The molecule has 12 N–H and O–H groups in total. The number of nitrogens with two attached hydrogens (primary N) is 2. The number of guanidine groups is 1. The molecule has 1 unspecified atom stereocenters. The van der Waals surface area contributed by atoms with Gasteiger partial charge in [-0.2, -0.15) is 0 Å². The van der Waals surface area contributed by atoms with Crippen LogP contribution >= 0.6 is 0 Å². The molecule has 0 saturated carbocycles. The molecule has 1 fully saturated rings. The van der Waals surface area contributed by atoms with E-state index in [0.29, 0.717) is 24.9 Å². The molecule has 2 rings (SSSR count). The first-order valence-corrected chi connectivity index (χ1v) is 15.5. The quantitative estimate of drug-likeness (QED) is 0.0575. The smallest absolute Gasteiger partial charge is 0.305 e. The van der Waals surface area contributed by atoms with Gasteiger partial charge in [0.25, 0.3) is 0 Å². The van der Waals surface area contributed by atoms with Gasteiger partial charge >= 0.3 is 5.97 Å². The summed E-state index contributed by atoms with van der Waals surface area (Å²) >= 11 is 0. The number of carboxylic acids is 1. The van der Waals surface area contributed by atoms with Crippen LogP contribution in [-0.2, 0) is 35.2 Å². The van der Waals surface area contributed by atoms with Crippen LogP contribution < -0.4 is 43.4 Å². The van der Waals surface area contributed by atoms with Gasteiger partial charge < -0.3 is 53.6 Å². The summed E-state index contributed by atoms with van der Waals surface area (Å²) in [5, 5.41) is 34.9. The Morgan fingerprint density at radius 3 is 2.04 bits per heavy atom. The van der Waals surface area contributed by atoms with Crippen molar-refractivity contribution in [1.29, 1.82) is 0 Å². The summed E-state index contributed by atoms with van der Waals surface area (Å²) in [6.45, 7) is 4.20. The van der Waals surface area contributed by atoms with Crippen molar-refractivity contribution in [1.82, 2.24) is 31.9 Å². The average Bonchev–Trinajstić information content (AvgIpc) is 2.99. The predicted molar refractivity (Wildman–Crippen MR) is 172 cm³/mol. The number of hydrogen-bond acceptors (Lipinski definition) is 9. The normalized spacial score (nSPS) is 21.3. The van der Waals surface area contributed by atoms with Crippen LogP contribution in [-0.4, -0.2) is 102 Å². The summed E-state index contributed by atoms with van der Waals surface area (Å²) in [5.41, 5.74) is 11.3. The molecule has 1 aromatic carbocycles. The molecule has 4 atom stereocenters. The van der Waals surface area contributed by atoms with Gasteiger partial charge in [-0.25, -0.2) is 0 Å². The maximum Gasteiger partial charge on any atom is 0.305 e. The number of aromatic hydroxyl groups is 1. The number of nitrogens with zero attached hydrogens (tertiary/aromatic N) is 1. The lowest BCUT2D eigenvalue weighted by Crippen LogP contribution is -2.58. The number of hydrogen-bond donors (Lipinski definition) is 10. The van der Waals surface area contributed by atoms with Crippen molar-refractivity contribution in [3.63, 3.8) is 0 Å². The highest BCUT2D eigenvalue weighted by Crippen LogP contribution is 2.13. The van der Waals surface area contributed by atoms with E-state index in [1.807, 2.05) is 13.8 Å². The number of carbonyl (C=O) groups excluding carboxylic acids is 5. The SMILES string of the molecule is CC(C)NCCCCC1NC(=O)[C@H](Cc2ccc(O)cc2)NC(=O)[C@@H](CC(=O)O)NC(=O)CNC(=O)[C@@H](CCCN=C(N)N)NC1=O. The minimum absolute atomic E-state index is 0.0201. The first-order valence-electron chi connectivity index (χ1n) is 15.5. The molecule has 5 amide bonds. The number of aliphatic imine (C=N–C) groups is 1. The number of benzene rings is 1. The van der Waals surface area contributed by atoms with Gasteiger partial charge in [0, 0.05) is 19.0 Å². The largest absolute Gasteiger partial charge is 0.508 e. The van der Waals surface area contributed by atoms with E-state index in [0.717, 1.165) is 0 Å². The van der Waals surface area contributed by atoms with Gasteiger partial charge in [-0.3, -0.25) is 33.8 Å². The van der Waals surface area contributed by atoms with E-state index in [1.54, 1.807) is 0 Å². The fourth-order valence-corrected chi connectivity index (χ4v) is 4.72. The molecule has 260 valence electrons. The average molecular weight is 662 g/mol. The first kappa shape index (κ1) is 38.3. The molecular formula is C30H47N9O8. The molecule has 1 saturated heterocycles. The topological polar surface area (TPSA) is 279 Å². The Labute approximate surface area is 273 Å². The fraction of sp³-hybridized carbons (Fsp3) is 0.567. The number of carboxylic acid groups (broad SMARTS) is 1. The number of aliphatic carboxylic acids is 1. The van der Waals surface area contributed by atoms with Gasteiger partial charge in [-0.05, 0) is 56.3 Å². The zero-order chi connectivity index (χ0) is 34.9. The molecule has 0 aromatic heterocycles. The highest BCUT2D eigenvalue weighted by atomic mass is 16.4. The van der Waals surface area contributed by atoms with Crippen LogP contribution in [0.4, 0.5) is 0 Å². The summed E-state index contributed by atoms with van der Waals surface area (Å²) in [5.74, 6) is -5.52. The monoisotopic (exact) mass is 661 g/mol. The van der Waals surface area contributed by atoms with E-state index < -0.39 is 72.6 Å². The first-order chi connectivity index (χ1) is 22.2. The fourth-order valence-electron chi connectivity index (χ4n) is 4.72. The summed E-state index contributed by atoms with van der Waals surface area (Å²) < 4.78 is 0. The van der Waals surface area contributed by atoms with Crippen LogP contribution in [0.5, 0.6) is 5.75 Å². The van der Waals surface area contributed by atoms with Crippen molar-refractivity contribution in [2.24, 2.45) is 16.5 Å². The van der Waals surface area contributed by atoms with E-state index in [1.165, 1.54) is 24.3 Å². The van der Waals surface area contributed by atoms with E-state index >= 15 is 0 Å². The molecule has 0 aliphatic carbocycles. The van der Waals surface area contributed by atoms with Crippen LogP contribution in [0.1, 0.15) is 57.9 Å². The van der Waals surface area contributed by atoms with Crippen LogP contribution in [0.2, 0.25) is 0 Å². The van der Waals surface area contributed by atoms with Gasteiger partial charge in [0.2, 0.25) is 29.5 Å². The second-order valence-electron chi connectivity index (χ2n) is 11.5.